The van der Waals surface area contributed by atoms with E-state index in [4.69, 9.17) is 4.84 Å². The van der Waals surface area contributed by atoms with Crippen molar-refractivity contribution in [2.45, 2.75) is 39.0 Å². The van der Waals surface area contributed by atoms with Gasteiger partial charge in [0.25, 0.3) is 11.4 Å². The van der Waals surface area contributed by atoms with Gasteiger partial charge in [0.1, 0.15) is 5.71 Å². The van der Waals surface area contributed by atoms with Gasteiger partial charge in [-0.25, -0.2) is 4.79 Å². The van der Waals surface area contributed by atoms with Crippen molar-refractivity contribution < 1.29 is 24.3 Å². The standard InChI is InChI=1S/C22H21N3O7/c1-2-20(26)32-23-21(15-5-3-4-6-15)22(27)16-9-7-14(8-10-16)18-12-11-17(24(28)29)13-19(18)25(30)31/h7-13,15H,2-6H2,1H3/b23-21-. The normalized spacial score (nSPS) is 14.2. The van der Waals surface area contributed by atoms with Crippen LogP contribution < -0.4 is 0 Å². The number of benzene rings is 2. The molecule has 2 aromatic carbocycles. The third-order valence-corrected chi connectivity index (χ3v) is 5.36. The first-order valence-corrected chi connectivity index (χ1v) is 10.2. The van der Waals surface area contributed by atoms with Gasteiger partial charge in [0.15, 0.2) is 0 Å². The zero-order valence-electron chi connectivity index (χ0n) is 17.4. The van der Waals surface area contributed by atoms with Crippen LogP contribution in [-0.2, 0) is 9.63 Å². The summed E-state index contributed by atoms with van der Waals surface area (Å²) in [5, 5.41) is 26.2. The van der Waals surface area contributed by atoms with Gasteiger partial charge in [0, 0.05) is 24.0 Å². The molecule has 1 fully saturated rings. The smallest absolute Gasteiger partial charge is 0.318 e. The fourth-order valence-electron chi connectivity index (χ4n) is 3.64. The van der Waals surface area contributed by atoms with Crippen LogP contribution in [0.5, 0.6) is 0 Å². The Kier molecular flexibility index (Phi) is 7.04. The van der Waals surface area contributed by atoms with Crippen LogP contribution in [0.2, 0.25) is 0 Å². The first-order chi connectivity index (χ1) is 15.3. The highest BCUT2D eigenvalue weighted by atomic mass is 16.7. The first kappa shape index (κ1) is 22.7. The maximum atomic E-state index is 13.1. The van der Waals surface area contributed by atoms with Crippen molar-refractivity contribution in [3.05, 3.63) is 68.3 Å². The summed E-state index contributed by atoms with van der Waals surface area (Å²) in [6.45, 7) is 1.63. The molecule has 0 amide bonds. The maximum Gasteiger partial charge on any atom is 0.334 e. The molecule has 2 aromatic rings. The molecule has 1 aliphatic rings. The van der Waals surface area contributed by atoms with Crippen molar-refractivity contribution in [1.82, 2.24) is 0 Å². The van der Waals surface area contributed by atoms with E-state index in [-0.39, 0.29) is 35.1 Å². The van der Waals surface area contributed by atoms with Crippen LogP contribution in [0.4, 0.5) is 11.4 Å². The number of oxime groups is 1. The highest BCUT2D eigenvalue weighted by molar-refractivity contribution is 6.46. The molecule has 0 atom stereocenters. The molecule has 10 heteroatoms. The van der Waals surface area contributed by atoms with Gasteiger partial charge in [-0.15, -0.1) is 0 Å². The van der Waals surface area contributed by atoms with Crippen molar-refractivity contribution in [2.24, 2.45) is 11.1 Å². The molecule has 0 N–H and O–H groups in total. The summed E-state index contributed by atoms with van der Waals surface area (Å²) in [5.41, 5.74) is 0.334. The predicted octanol–water partition coefficient (Wildman–Crippen LogP) is 4.85. The summed E-state index contributed by atoms with van der Waals surface area (Å²) in [6.07, 6.45) is 3.61. The van der Waals surface area contributed by atoms with E-state index in [1.807, 2.05) is 0 Å². The van der Waals surface area contributed by atoms with Crippen molar-refractivity contribution in [3.8, 4) is 11.1 Å². The van der Waals surface area contributed by atoms with E-state index >= 15 is 0 Å². The van der Waals surface area contributed by atoms with E-state index in [2.05, 4.69) is 5.16 Å². The first-order valence-electron chi connectivity index (χ1n) is 10.2. The molecule has 0 heterocycles. The lowest BCUT2D eigenvalue weighted by Crippen LogP contribution is -2.23. The summed E-state index contributed by atoms with van der Waals surface area (Å²) in [5.74, 6) is -0.998. The Morgan fingerprint density at radius 2 is 1.69 bits per heavy atom. The minimum absolute atomic E-state index is 0.0948. The monoisotopic (exact) mass is 439 g/mol. The number of hydrogen-bond acceptors (Lipinski definition) is 8. The van der Waals surface area contributed by atoms with Crippen LogP contribution in [0.3, 0.4) is 0 Å². The molecule has 0 saturated heterocycles. The second-order valence-corrected chi connectivity index (χ2v) is 7.40. The average molecular weight is 439 g/mol. The summed E-state index contributed by atoms with van der Waals surface area (Å²) in [7, 11) is 0. The molecule has 0 unspecified atom stereocenters. The van der Waals surface area contributed by atoms with Crippen LogP contribution in [-0.4, -0.2) is 27.3 Å². The van der Waals surface area contributed by atoms with Gasteiger partial charge in [-0.3, -0.25) is 25.0 Å². The van der Waals surface area contributed by atoms with Crippen molar-refractivity contribution >= 4 is 28.8 Å². The van der Waals surface area contributed by atoms with Gasteiger partial charge in [0.05, 0.1) is 21.5 Å². The molecule has 10 nitrogen and oxygen atoms in total. The number of nitro groups is 2. The largest absolute Gasteiger partial charge is 0.334 e. The molecule has 0 bridgehead atoms. The minimum Gasteiger partial charge on any atom is -0.318 e. The van der Waals surface area contributed by atoms with Crippen LogP contribution >= 0.6 is 0 Å². The fourth-order valence-corrected chi connectivity index (χ4v) is 3.64. The highest BCUT2D eigenvalue weighted by Gasteiger charge is 2.28. The topological polar surface area (TPSA) is 142 Å². The van der Waals surface area contributed by atoms with Crippen LogP contribution in [0, 0.1) is 26.1 Å². The number of rotatable bonds is 8. The van der Waals surface area contributed by atoms with E-state index in [1.165, 1.54) is 36.4 Å². The molecule has 0 aromatic heterocycles. The maximum absolute atomic E-state index is 13.1. The molecule has 1 aliphatic carbocycles. The van der Waals surface area contributed by atoms with Gasteiger partial charge in [-0.1, -0.05) is 49.2 Å². The molecule has 32 heavy (non-hydrogen) atoms. The van der Waals surface area contributed by atoms with Gasteiger partial charge in [-0.05, 0) is 24.5 Å². The molecule has 1 saturated carbocycles. The Bertz CT molecular complexity index is 1090. The number of carbonyl (C=O) groups is 2. The third kappa shape index (κ3) is 5.02. The third-order valence-electron chi connectivity index (χ3n) is 5.36. The fraction of sp³-hybridized carbons (Fsp3) is 0.318. The number of nitrogens with zero attached hydrogens (tertiary/aromatic N) is 3. The summed E-state index contributed by atoms with van der Waals surface area (Å²) in [6, 6.07) is 9.49. The number of nitro benzene ring substituents is 2. The lowest BCUT2D eigenvalue weighted by Gasteiger charge is -2.12. The Morgan fingerprint density at radius 1 is 1.03 bits per heavy atom. The van der Waals surface area contributed by atoms with Crippen molar-refractivity contribution in [1.29, 1.82) is 0 Å². The quantitative estimate of drug-likeness (QED) is 0.188. The van der Waals surface area contributed by atoms with Gasteiger partial charge in [0.2, 0.25) is 5.78 Å². The highest BCUT2D eigenvalue weighted by Crippen LogP contribution is 2.33. The van der Waals surface area contributed by atoms with E-state index in [0.717, 1.165) is 31.7 Å². The Labute approximate surface area is 183 Å². The zero-order chi connectivity index (χ0) is 23.3. The van der Waals surface area contributed by atoms with Gasteiger partial charge < -0.3 is 4.84 Å². The Balaban J connectivity index is 1.91. The van der Waals surface area contributed by atoms with Crippen LogP contribution in [0.15, 0.2) is 47.6 Å². The van der Waals surface area contributed by atoms with Crippen molar-refractivity contribution in [2.75, 3.05) is 0 Å². The molecule has 0 radical (unpaired) electrons. The second-order valence-electron chi connectivity index (χ2n) is 7.40. The number of ketones is 1. The molecular formula is C22H21N3O7. The van der Waals surface area contributed by atoms with Crippen LogP contribution in [0.1, 0.15) is 49.4 Å². The molecule has 0 spiro atoms. The van der Waals surface area contributed by atoms with E-state index < -0.39 is 21.5 Å². The molecule has 166 valence electrons. The SMILES string of the molecule is CCC(=O)O/N=C(\C(=O)c1ccc(-c2ccc([N+](=O)[O-])cc2[N+](=O)[O-])cc1)C1CCCC1. The van der Waals surface area contributed by atoms with Gasteiger partial charge in [-0.2, -0.15) is 0 Å². The Morgan fingerprint density at radius 3 is 2.25 bits per heavy atom. The number of carbonyl (C=O) groups excluding carboxylic acids is 2. The Hall–Kier alpha value is -3.95. The number of Topliss-reactive ketones (excluding diaryl/α,β-unsaturated/α-hetero) is 1. The lowest BCUT2D eigenvalue weighted by atomic mass is 9.93. The minimum atomic E-state index is -0.701. The molecule has 3 rings (SSSR count). The van der Waals surface area contributed by atoms with E-state index in [0.29, 0.717) is 11.1 Å². The van der Waals surface area contributed by atoms with E-state index in [1.54, 1.807) is 6.92 Å². The number of non-ortho nitro benzene ring substituents is 1. The van der Waals surface area contributed by atoms with E-state index in [9.17, 15) is 29.8 Å². The average Bonchev–Trinajstić information content (AvgIpc) is 3.33. The number of hydrogen-bond donors (Lipinski definition) is 0. The molecule has 0 aliphatic heterocycles. The van der Waals surface area contributed by atoms with Gasteiger partial charge >= 0.3 is 5.97 Å². The summed E-state index contributed by atoms with van der Waals surface area (Å²) >= 11 is 0. The summed E-state index contributed by atoms with van der Waals surface area (Å²) < 4.78 is 0. The second kappa shape index (κ2) is 9.90. The lowest BCUT2D eigenvalue weighted by molar-refractivity contribution is -0.393. The summed E-state index contributed by atoms with van der Waals surface area (Å²) in [4.78, 5) is 50.4. The predicted molar refractivity (Wildman–Crippen MR) is 115 cm³/mol. The van der Waals surface area contributed by atoms with Crippen LogP contribution in [0.25, 0.3) is 11.1 Å². The zero-order valence-corrected chi connectivity index (χ0v) is 17.4. The van der Waals surface area contributed by atoms with Crippen molar-refractivity contribution in [3.63, 3.8) is 0 Å². The molecular weight excluding hydrogens is 418 g/mol.